The van der Waals surface area contributed by atoms with E-state index in [2.05, 4.69) is 5.32 Å². The highest BCUT2D eigenvalue weighted by Gasteiger charge is 2.35. The van der Waals surface area contributed by atoms with E-state index < -0.39 is 28.5 Å². The number of benzene rings is 4. The van der Waals surface area contributed by atoms with E-state index in [1.807, 2.05) is 108 Å². The lowest BCUT2D eigenvalue weighted by Crippen LogP contribution is -2.54. The van der Waals surface area contributed by atoms with Crippen LogP contribution in [0.1, 0.15) is 53.6 Å². The number of anilines is 1. The number of rotatable bonds is 13. The molecule has 0 fully saturated rings. The molecule has 4 aromatic rings. The van der Waals surface area contributed by atoms with Gasteiger partial charge >= 0.3 is 0 Å². The summed E-state index contributed by atoms with van der Waals surface area (Å²) in [6.45, 7) is 11.2. The first-order valence-electron chi connectivity index (χ1n) is 15.8. The molecule has 2 amide bonds. The third-order valence-electron chi connectivity index (χ3n) is 8.38. The molecule has 0 aromatic heterocycles. The molecule has 4 rings (SSSR count). The number of hydrogen-bond donors (Lipinski definition) is 1. The van der Waals surface area contributed by atoms with Crippen molar-refractivity contribution < 1.29 is 18.0 Å². The van der Waals surface area contributed by atoms with E-state index in [0.29, 0.717) is 5.69 Å². The molecule has 4 aromatic carbocycles. The molecule has 0 spiro atoms. The molecule has 0 bridgehead atoms. The molecule has 0 aliphatic carbocycles. The number of aryl methyl sites for hydroxylation is 4. The lowest BCUT2D eigenvalue weighted by atomic mass is 10.0. The summed E-state index contributed by atoms with van der Waals surface area (Å²) >= 11 is 0. The van der Waals surface area contributed by atoms with Crippen molar-refractivity contribution in [2.75, 3.05) is 10.8 Å². The van der Waals surface area contributed by atoms with E-state index in [9.17, 15) is 18.0 Å². The quantitative estimate of drug-likeness (QED) is 0.177. The Hall–Kier alpha value is -4.43. The molecule has 0 unspecified atom stereocenters. The van der Waals surface area contributed by atoms with Crippen LogP contribution in [-0.4, -0.2) is 43.8 Å². The van der Waals surface area contributed by atoms with Crippen molar-refractivity contribution >= 4 is 27.5 Å². The summed E-state index contributed by atoms with van der Waals surface area (Å²) in [7, 11) is -4.16. The third kappa shape index (κ3) is 8.43. The SMILES string of the molecule is CC[C@@H](C)NC(=O)[C@H](Cc1ccccc1)N(Cc1ccccc1C)C(=O)CN(c1ccc(C)cc1C)S(=O)(=O)c1ccc(C)cc1. The van der Waals surface area contributed by atoms with Crippen LogP contribution < -0.4 is 9.62 Å². The Balaban J connectivity index is 1.84. The summed E-state index contributed by atoms with van der Waals surface area (Å²) in [5.74, 6) is -0.751. The van der Waals surface area contributed by atoms with Crippen molar-refractivity contribution in [2.45, 2.75) is 77.9 Å². The molecule has 242 valence electrons. The van der Waals surface area contributed by atoms with Gasteiger partial charge in [-0.15, -0.1) is 0 Å². The predicted molar refractivity (Wildman–Crippen MR) is 185 cm³/mol. The number of carbonyl (C=O) groups excluding carboxylic acids is 2. The highest BCUT2D eigenvalue weighted by Crippen LogP contribution is 2.29. The van der Waals surface area contributed by atoms with Gasteiger partial charge in [0.25, 0.3) is 10.0 Å². The number of sulfonamides is 1. The van der Waals surface area contributed by atoms with Crippen molar-refractivity contribution in [3.63, 3.8) is 0 Å². The van der Waals surface area contributed by atoms with Crippen LogP contribution in [0.2, 0.25) is 0 Å². The molecular formula is C38H45N3O4S. The van der Waals surface area contributed by atoms with Crippen LogP contribution in [0.15, 0.2) is 102 Å². The van der Waals surface area contributed by atoms with E-state index in [0.717, 1.165) is 39.8 Å². The Morgan fingerprint density at radius 2 is 1.41 bits per heavy atom. The second kappa shape index (κ2) is 15.2. The standard InChI is InChI=1S/C38H45N3O4S/c1-7-31(6)39-38(43)36(24-32-14-9-8-10-15-32)40(25-33-16-12-11-13-29(33)4)37(42)26-41(35-22-19-28(3)23-30(35)5)46(44,45)34-20-17-27(2)18-21-34/h8-23,31,36H,7,24-26H2,1-6H3,(H,39,43)/t31-,36+/m1/s1. The lowest BCUT2D eigenvalue weighted by molar-refractivity contribution is -0.140. The topological polar surface area (TPSA) is 86.8 Å². The summed E-state index contributed by atoms with van der Waals surface area (Å²) in [5, 5.41) is 3.08. The van der Waals surface area contributed by atoms with Gasteiger partial charge in [0, 0.05) is 19.0 Å². The fourth-order valence-corrected chi connectivity index (χ4v) is 6.88. The zero-order valence-corrected chi connectivity index (χ0v) is 28.5. The first-order valence-corrected chi connectivity index (χ1v) is 17.2. The molecule has 0 aliphatic rings. The number of nitrogens with one attached hydrogen (secondary N) is 1. The van der Waals surface area contributed by atoms with Gasteiger partial charge in [-0.05, 0) is 81.5 Å². The van der Waals surface area contributed by atoms with Crippen molar-refractivity contribution in [1.82, 2.24) is 10.2 Å². The molecule has 0 saturated heterocycles. The lowest BCUT2D eigenvalue weighted by Gasteiger charge is -2.35. The molecule has 46 heavy (non-hydrogen) atoms. The van der Waals surface area contributed by atoms with Gasteiger partial charge < -0.3 is 10.2 Å². The predicted octanol–water partition coefficient (Wildman–Crippen LogP) is 6.67. The number of amides is 2. The normalized spacial score (nSPS) is 12.7. The molecule has 0 aliphatic heterocycles. The minimum Gasteiger partial charge on any atom is -0.352 e. The third-order valence-corrected chi connectivity index (χ3v) is 10.2. The van der Waals surface area contributed by atoms with Crippen LogP contribution in [0.5, 0.6) is 0 Å². The smallest absolute Gasteiger partial charge is 0.264 e. The molecule has 8 heteroatoms. The summed E-state index contributed by atoms with van der Waals surface area (Å²) in [6, 6.07) is 28.4. The maximum Gasteiger partial charge on any atom is 0.264 e. The number of hydrogen-bond acceptors (Lipinski definition) is 4. The monoisotopic (exact) mass is 639 g/mol. The Morgan fingerprint density at radius 1 is 0.783 bits per heavy atom. The van der Waals surface area contributed by atoms with E-state index in [-0.39, 0.29) is 29.8 Å². The zero-order valence-electron chi connectivity index (χ0n) is 27.7. The Morgan fingerprint density at radius 3 is 2.04 bits per heavy atom. The number of nitrogens with zero attached hydrogens (tertiary/aromatic N) is 2. The Bertz CT molecular complexity index is 1750. The van der Waals surface area contributed by atoms with Gasteiger partial charge in [-0.1, -0.05) is 96.9 Å². The van der Waals surface area contributed by atoms with Gasteiger partial charge in [0.2, 0.25) is 11.8 Å². The highest BCUT2D eigenvalue weighted by atomic mass is 32.2. The van der Waals surface area contributed by atoms with Crippen LogP contribution in [0.4, 0.5) is 5.69 Å². The van der Waals surface area contributed by atoms with Crippen LogP contribution in [0, 0.1) is 27.7 Å². The fraction of sp³-hybridized carbons (Fsp3) is 0.316. The van der Waals surface area contributed by atoms with Crippen LogP contribution in [0.25, 0.3) is 0 Å². The minimum absolute atomic E-state index is 0.0895. The molecule has 0 heterocycles. The first-order chi connectivity index (χ1) is 21.9. The van der Waals surface area contributed by atoms with E-state index in [1.54, 1.807) is 35.2 Å². The second-order valence-corrected chi connectivity index (χ2v) is 13.9. The van der Waals surface area contributed by atoms with Crippen molar-refractivity contribution in [3.8, 4) is 0 Å². The molecule has 0 radical (unpaired) electrons. The van der Waals surface area contributed by atoms with Gasteiger partial charge in [-0.2, -0.15) is 0 Å². The van der Waals surface area contributed by atoms with Crippen LogP contribution >= 0.6 is 0 Å². The minimum atomic E-state index is -4.16. The Labute approximate surface area is 274 Å². The maximum absolute atomic E-state index is 14.7. The second-order valence-electron chi connectivity index (χ2n) is 12.1. The molecule has 7 nitrogen and oxygen atoms in total. The average molecular weight is 640 g/mol. The van der Waals surface area contributed by atoms with Crippen molar-refractivity contribution in [2.24, 2.45) is 0 Å². The zero-order chi connectivity index (χ0) is 33.4. The fourth-order valence-electron chi connectivity index (χ4n) is 5.40. The largest absolute Gasteiger partial charge is 0.352 e. The summed E-state index contributed by atoms with van der Waals surface area (Å²) in [4.78, 5) is 30.3. The van der Waals surface area contributed by atoms with Gasteiger partial charge in [0.1, 0.15) is 12.6 Å². The first kappa shape index (κ1) is 34.4. The summed E-state index contributed by atoms with van der Waals surface area (Å²) in [6.07, 6.45) is 1.000. The summed E-state index contributed by atoms with van der Waals surface area (Å²) in [5.41, 5.74) is 5.79. The van der Waals surface area contributed by atoms with Crippen molar-refractivity contribution in [3.05, 3.63) is 130 Å². The van der Waals surface area contributed by atoms with Crippen LogP contribution in [-0.2, 0) is 32.6 Å². The van der Waals surface area contributed by atoms with E-state index in [4.69, 9.17) is 0 Å². The highest BCUT2D eigenvalue weighted by molar-refractivity contribution is 7.92. The van der Waals surface area contributed by atoms with Crippen molar-refractivity contribution in [1.29, 1.82) is 0 Å². The van der Waals surface area contributed by atoms with Gasteiger partial charge in [0.05, 0.1) is 10.6 Å². The molecule has 0 saturated carbocycles. The Kier molecular flexibility index (Phi) is 11.4. The average Bonchev–Trinajstić information content (AvgIpc) is 3.03. The van der Waals surface area contributed by atoms with Gasteiger partial charge in [-0.25, -0.2) is 8.42 Å². The maximum atomic E-state index is 14.7. The van der Waals surface area contributed by atoms with E-state index >= 15 is 0 Å². The number of carbonyl (C=O) groups is 2. The van der Waals surface area contributed by atoms with Gasteiger partial charge in [-0.3, -0.25) is 13.9 Å². The van der Waals surface area contributed by atoms with Crippen LogP contribution in [0.3, 0.4) is 0 Å². The van der Waals surface area contributed by atoms with E-state index in [1.165, 1.54) is 4.31 Å². The summed E-state index contributed by atoms with van der Waals surface area (Å²) < 4.78 is 29.8. The van der Waals surface area contributed by atoms with Gasteiger partial charge in [0.15, 0.2) is 0 Å². The molecular weight excluding hydrogens is 595 g/mol. The molecule has 1 N–H and O–H groups in total. The molecule has 2 atom stereocenters.